The molecule has 0 unspecified atom stereocenters. The number of hydrogen-bond acceptors (Lipinski definition) is 5. The zero-order valence-corrected chi connectivity index (χ0v) is 11.0. The van der Waals surface area contributed by atoms with E-state index in [2.05, 4.69) is 15.0 Å². The lowest BCUT2D eigenvalue weighted by molar-refractivity contribution is 0.362. The highest BCUT2D eigenvalue weighted by Crippen LogP contribution is 2.06. The number of rotatable bonds is 9. The molecule has 98 valence electrons. The molecule has 17 heavy (non-hydrogen) atoms. The zero-order valence-electron chi connectivity index (χ0n) is 11.0. The Morgan fingerprint density at radius 3 is 2.59 bits per heavy atom. The molecular formula is C12H24N4O. The molecule has 0 aliphatic carbocycles. The molecular weight excluding hydrogens is 216 g/mol. The van der Waals surface area contributed by atoms with E-state index in [0.29, 0.717) is 0 Å². The van der Waals surface area contributed by atoms with Crippen LogP contribution in [0.2, 0.25) is 0 Å². The van der Waals surface area contributed by atoms with Gasteiger partial charge in [0.25, 0.3) is 0 Å². The fourth-order valence-electron chi connectivity index (χ4n) is 1.59. The maximum Gasteiger partial charge on any atom is 0.226 e. The molecule has 0 atom stereocenters. The van der Waals surface area contributed by atoms with E-state index in [0.717, 1.165) is 50.5 Å². The van der Waals surface area contributed by atoms with Crippen molar-refractivity contribution in [3.8, 4) is 0 Å². The lowest BCUT2D eigenvalue weighted by Gasteiger charge is -2.05. The van der Waals surface area contributed by atoms with Crippen LogP contribution in [-0.4, -0.2) is 42.2 Å². The Morgan fingerprint density at radius 2 is 1.88 bits per heavy atom. The Morgan fingerprint density at radius 1 is 1.12 bits per heavy atom. The highest BCUT2D eigenvalue weighted by molar-refractivity contribution is 4.87. The molecule has 0 saturated heterocycles. The average Bonchev–Trinajstić information content (AvgIpc) is 2.74. The van der Waals surface area contributed by atoms with Crippen LogP contribution in [0.1, 0.15) is 37.4 Å². The van der Waals surface area contributed by atoms with Gasteiger partial charge in [-0.1, -0.05) is 18.0 Å². The molecule has 0 saturated carbocycles. The van der Waals surface area contributed by atoms with Crippen molar-refractivity contribution in [2.24, 2.45) is 5.73 Å². The number of nitrogens with two attached hydrogens (primary N) is 1. The Kier molecular flexibility index (Phi) is 6.81. The van der Waals surface area contributed by atoms with E-state index >= 15 is 0 Å². The van der Waals surface area contributed by atoms with Gasteiger partial charge in [0, 0.05) is 19.4 Å². The van der Waals surface area contributed by atoms with Crippen LogP contribution in [0.25, 0.3) is 0 Å². The summed E-state index contributed by atoms with van der Waals surface area (Å²) in [4.78, 5) is 6.48. The van der Waals surface area contributed by atoms with Gasteiger partial charge >= 0.3 is 0 Å². The minimum absolute atomic E-state index is 0.770. The Bertz CT molecular complexity index is 298. The maximum absolute atomic E-state index is 5.44. The van der Waals surface area contributed by atoms with Crippen molar-refractivity contribution < 1.29 is 4.52 Å². The normalized spacial score (nSPS) is 11.3. The van der Waals surface area contributed by atoms with Crippen LogP contribution in [0.15, 0.2) is 4.52 Å². The third-order valence-corrected chi connectivity index (χ3v) is 2.64. The molecule has 5 nitrogen and oxygen atoms in total. The third kappa shape index (κ3) is 6.38. The number of unbranched alkanes of at least 4 members (excludes halogenated alkanes) is 3. The predicted octanol–water partition coefficient (Wildman–Crippen LogP) is 1.24. The van der Waals surface area contributed by atoms with Crippen LogP contribution in [0.5, 0.6) is 0 Å². The van der Waals surface area contributed by atoms with E-state index in [1.165, 1.54) is 12.8 Å². The summed E-state index contributed by atoms with van der Waals surface area (Å²) in [5, 5.41) is 3.97. The van der Waals surface area contributed by atoms with Gasteiger partial charge in [0.05, 0.1) is 0 Å². The van der Waals surface area contributed by atoms with E-state index < -0.39 is 0 Å². The number of nitrogens with zero attached hydrogens (tertiary/aromatic N) is 3. The first-order valence-corrected chi connectivity index (χ1v) is 6.38. The first kappa shape index (κ1) is 14.1. The molecule has 1 aromatic rings. The van der Waals surface area contributed by atoms with Crippen LogP contribution in [-0.2, 0) is 12.8 Å². The van der Waals surface area contributed by atoms with Gasteiger partial charge in [-0.25, -0.2) is 0 Å². The molecule has 0 fully saturated rings. The molecule has 1 heterocycles. The van der Waals surface area contributed by atoms with Crippen molar-refractivity contribution in [3.63, 3.8) is 0 Å². The summed E-state index contributed by atoms with van der Waals surface area (Å²) in [6.07, 6.45) is 6.33. The molecule has 5 heteroatoms. The molecule has 0 spiro atoms. The monoisotopic (exact) mass is 240 g/mol. The largest absolute Gasteiger partial charge is 0.339 e. The van der Waals surface area contributed by atoms with Gasteiger partial charge in [-0.15, -0.1) is 0 Å². The number of hydrogen-bond donors (Lipinski definition) is 1. The average molecular weight is 240 g/mol. The van der Waals surface area contributed by atoms with Gasteiger partial charge in [-0.05, 0) is 33.5 Å². The minimum atomic E-state index is 0.770. The summed E-state index contributed by atoms with van der Waals surface area (Å²) in [7, 11) is 4.08. The molecule has 2 N–H and O–H groups in total. The van der Waals surface area contributed by atoms with Gasteiger partial charge in [-0.2, -0.15) is 4.98 Å². The topological polar surface area (TPSA) is 68.2 Å². The second-order valence-electron chi connectivity index (χ2n) is 4.61. The predicted molar refractivity (Wildman–Crippen MR) is 67.8 cm³/mol. The van der Waals surface area contributed by atoms with Crippen LogP contribution < -0.4 is 5.73 Å². The first-order chi connectivity index (χ1) is 8.22. The smallest absolute Gasteiger partial charge is 0.226 e. The lowest BCUT2D eigenvalue weighted by Crippen LogP contribution is -2.15. The molecule has 1 aromatic heterocycles. The zero-order chi connectivity index (χ0) is 12.5. The first-order valence-electron chi connectivity index (χ1n) is 6.38. The van der Waals surface area contributed by atoms with Crippen LogP contribution in [0.4, 0.5) is 0 Å². The quantitative estimate of drug-likeness (QED) is 0.658. The summed E-state index contributed by atoms with van der Waals surface area (Å²) in [6.45, 7) is 1.74. The maximum atomic E-state index is 5.44. The van der Waals surface area contributed by atoms with Gasteiger partial charge in [-0.3, -0.25) is 0 Å². The summed E-state index contributed by atoms with van der Waals surface area (Å²) in [6, 6.07) is 0. The molecule has 1 rings (SSSR count). The van der Waals surface area contributed by atoms with Gasteiger partial charge in [0.15, 0.2) is 5.82 Å². The van der Waals surface area contributed by atoms with Crippen molar-refractivity contribution in [3.05, 3.63) is 11.7 Å². The molecule has 0 amide bonds. The van der Waals surface area contributed by atoms with Crippen molar-refractivity contribution in [1.82, 2.24) is 15.0 Å². The Balaban J connectivity index is 2.17. The number of aryl methyl sites for hydroxylation is 1. The van der Waals surface area contributed by atoms with Crippen molar-refractivity contribution in [2.45, 2.75) is 38.5 Å². The highest BCUT2D eigenvalue weighted by atomic mass is 16.5. The molecule has 0 aliphatic rings. The minimum Gasteiger partial charge on any atom is -0.339 e. The standard InChI is InChI=1S/C12H24N4O/c1-16(2)10-8-11-14-12(17-15-11)7-5-3-4-6-9-13/h3-10,13H2,1-2H3. The van der Waals surface area contributed by atoms with E-state index in [1.54, 1.807) is 0 Å². The number of aromatic nitrogens is 2. The van der Waals surface area contributed by atoms with Crippen molar-refractivity contribution >= 4 is 0 Å². The highest BCUT2D eigenvalue weighted by Gasteiger charge is 2.06. The fraction of sp³-hybridized carbons (Fsp3) is 0.833. The van der Waals surface area contributed by atoms with E-state index in [4.69, 9.17) is 10.3 Å². The third-order valence-electron chi connectivity index (χ3n) is 2.64. The Labute approximate surface area is 103 Å². The van der Waals surface area contributed by atoms with Crippen LogP contribution in [0, 0.1) is 0 Å². The molecule has 0 bridgehead atoms. The van der Waals surface area contributed by atoms with Gasteiger partial charge in [0.2, 0.25) is 5.89 Å². The fourth-order valence-corrected chi connectivity index (χ4v) is 1.59. The summed E-state index contributed by atoms with van der Waals surface area (Å²) >= 11 is 0. The molecule has 0 aliphatic heterocycles. The molecule has 0 aromatic carbocycles. The summed E-state index contributed by atoms with van der Waals surface area (Å²) in [5.74, 6) is 1.59. The van der Waals surface area contributed by atoms with Crippen LogP contribution in [0.3, 0.4) is 0 Å². The van der Waals surface area contributed by atoms with Crippen LogP contribution >= 0.6 is 0 Å². The van der Waals surface area contributed by atoms with Crippen molar-refractivity contribution in [1.29, 1.82) is 0 Å². The van der Waals surface area contributed by atoms with E-state index in [-0.39, 0.29) is 0 Å². The SMILES string of the molecule is CN(C)CCc1noc(CCCCCCN)n1. The van der Waals surface area contributed by atoms with Gasteiger partial charge in [0.1, 0.15) is 0 Å². The summed E-state index contributed by atoms with van der Waals surface area (Å²) < 4.78 is 5.20. The molecule has 0 radical (unpaired) electrons. The lowest BCUT2D eigenvalue weighted by atomic mass is 10.1. The van der Waals surface area contributed by atoms with E-state index in [9.17, 15) is 0 Å². The Hall–Kier alpha value is -0.940. The second kappa shape index (κ2) is 8.20. The van der Waals surface area contributed by atoms with E-state index in [1.807, 2.05) is 14.1 Å². The van der Waals surface area contributed by atoms with Gasteiger partial charge < -0.3 is 15.2 Å². The second-order valence-corrected chi connectivity index (χ2v) is 4.61. The van der Waals surface area contributed by atoms with Crippen molar-refractivity contribution in [2.75, 3.05) is 27.2 Å². The summed E-state index contributed by atoms with van der Waals surface area (Å²) in [5.41, 5.74) is 5.44. The number of likely N-dealkylation sites (N-methyl/N-ethyl adjacent to an activating group) is 1.